The van der Waals surface area contributed by atoms with Gasteiger partial charge in [-0.15, -0.1) is 0 Å². The van der Waals surface area contributed by atoms with E-state index in [1.165, 1.54) is 0 Å². The van der Waals surface area contributed by atoms with Crippen LogP contribution in [0.3, 0.4) is 0 Å². The van der Waals surface area contributed by atoms with Gasteiger partial charge in [-0.05, 0) is 12.1 Å². The van der Waals surface area contributed by atoms with Gasteiger partial charge in [-0.25, -0.2) is 9.78 Å². The number of aryl methyl sites for hydroxylation is 1. The molecule has 20 heavy (non-hydrogen) atoms. The number of aromatic nitrogens is 2. The molecule has 0 bridgehead atoms. The lowest BCUT2D eigenvalue weighted by Crippen LogP contribution is -2.17. The Balaban J connectivity index is 1.69. The van der Waals surface area contributed by atoms with Crippen molar-refractivity contribution in [3.8, 4) is 5.75 Å². The number of esters is 1. The van der Waals surface area contributed by atoms with Crippen molar-refractivity contribution in [1.29, 1.82) is 0 Å². The summed E-state index contributed by atoms with van der Waals surface area (Å²) in [6.45, 7) is 0.147. The second kappa shape index (κ2) is 6.60. The van der Waals surface area contributed by atoms with Gasteiger partial charge in [0.25, 0.3) is 0 Å². The number of hydrogen-bond donors (Lipinski definition) is 1. The minimum Gasteiger partial charge on any atom is -0.482 e. The summed E-state index contributed by atoms with van der Waals surface area (Å²) in [4.78, 5) is 15.7. The number of hydrogen-bond acceptors (Lipinski definition) is 5. The van der Waals surface area contributed by atoms with Gasteiger partial charge < -0.3 is 19.8 Å². The van der Waals surface area contributed by atoms with Gasteiger partial charge in [-0.3, -0.25) is 0 Å². The Kier molecular flexibility index (Phi) is 4.60. The molecule has 6 nitrogen and oxygen atoms in total. The lowest BCUT2D eigenvalue weighted by molar-refractivity contribution is -0.145. The molecule has 1 aromatic heterocycles. The van der Waals surface area contributed by atoms with E-state index in [2.05, 4.69) is 4.98 Å². The first kappa shape index (κ1) is 13.9. The number of nitrogens with zero attached hydrogens (tertiary/aromatic N) is 2. The Hall–Kier alpha value is -2.50. The number of rotatable bonds is 6. The molecule has 2 rings (SSSR count). The number of carbonyl (C=O) groups is 1. The zero-order valence-corrected chi connectivity index (χ0v) is 11.3. The molecule has 0 amide bonds. The summed E-state index contributed by atoms with van der Waals surface area (Å²) < 4.78 is 12.2. The van der Waals surface area contributed by atoms with Crippen molar-refractivity contribution in [3.05, 3.63) is 42.5 Å². The van der Waals surface area contributed by atoms with Crippen molar-refractivity contribution in [3.63, 3.8) is 0 Å². The van der Waals surface area contributed by atoms with Crippen LogP contribution in [-0.2, 0) is 23.0 Å². The van der Waals surface area contributed by atoms with Gasteiger partial charge in [0.1, 0.15) is 11.6 Å². The van der Waals surface area contributed by atoms with Crippen LogP contribution in [-0.4, -0.2) is 28.7 Å². The summed E-state index contributed by atoms with van der Waals surface area (Å²) in [5.41, 5.74) is 6.20. The second-order valence-corrected chi connectivity index (χ2v) is 4.29. The second-order valence-electron chi connectivity index (χ2n) is 4.29. The van der Waals surface area contributed by atoms with Crippen molar-refractivity contribution >= 4 is 11.7 Å². The van der Waals surface area contributed by atoms with Gasteiger partial charge in [0.2, 0.25) is 0 Å². The molecule has 0 aliphatic heterocycles. The molecule has 0 atom stereocenters. The Bertz CT molecular complexity index is 581. The zero-order valence-electron chi connectivity index (χ0n) is 11.3. The molecule has 106 valence electrons. The van der Waals surface area contributed by atoms with Gasteiger partial charge in [0.05, 0.1) is 6.61 Å². The van der Waals surface area contributed by atoms with Crippen LogP contribution in [0, 0.1) is 0 Å². The topological polar surface area (TPSA) is 79.4 Å². The highest BCUT2D eigenvalue weighted by atomic mass is 16.6. The quantitative estimate of drug-likeness (QED) is 0.632. The lowest BCUT2D eigenvalue weighted by Gasteiger charge is -2.07. The molecule has 2 N–H and O–H groups in total. The lowest BCUT2D eigenvalue weighted by atomic mass is 10.3. The Labute approximate surface area is 117 Å². The molecule has 1 heterocycles. The van der Waals surface area contributed by atoms with E-state index in [4.69, 9.17) is 15.2 Å². The van der Waals surface area contributed by atoms with Gasteiger partial charge in [-0.1, -0.05) is 6.07 Å². The number of carbonyl (C=O) groups excluding carboxylic acids is 1. The molecule has 1 aromatic carbocycles. The highest BCUT2D eigenvalue weighted by molar-refractivity contribution is 5.71. The summed E-state index contributed by atoms with van der Waals surface area (Å²) in [5, 5.41) is 0. The van der Waals surface area contributed by atoms with Crippen molar-refractivity contribution in [2.45, 2.75) is 6.42 Å². The van der Waals surface area contributed by atoms with Crippen molar-refractivity contribution in [1.82, 2.24) is 9.55 Å². The van der Waals surface area contributed by atoms with Crippen LogP contribution in [0.2, 0.25) is 0 Å². The fourth-order valence-electron chi connectivity index (χ4n) is 1.68. The molecule has 0 unspecified atom stereocenters. The summed E-state index contributed by atoms with van der Waals surface area (Å²) in [7, 11) is 1.90. The summed E-state index contributed by atoms with van der Waals surface area (Å²) >= 11 is 0. The van der Waals surface area contributed by atoms with Gasteiger partial charge >= 0.3 is 5.97 Å². The van der Waals surface area contributed by atoms with E-state index < -0.39 is 5.97 Å². The normalized spacial score (nSPS) is 10.2. The Morgan fingerprint density at radius 3 is 3.00 bits per heavy atom. The first-order valence-electron chi connectivity index (χ1n) is 6.25. The van der Waals surface area contributed by atoms with Crippen molar-refractivity contribution in [2.75, 3.05) is 18.9 Å². The molecule has 0 saturated carbocycles. The molecular weight excluding hydrogens is 258 g/mol. The van der Waals surface area contributed by atoms with Crippen LogP contribution in [0.4, 0.5) is 5.69 Å². The van der Waals surface area contributed by atoms with E-state index in [1.807, 2.05) is 17.8 Å². The van der Waals surface area contributed by atoms with Crippen LogP contribution in [0.25, 0.3) is 0 Å². The largest absolute Gasteiger partial charge is 0.482 e. The van der Waals surface area contributed by atoms with E-state index >= 15 is 0 Å². The third-order valence-corrected chi connectivity index (χ3v) is 2.72. The fraction of sp³-hybridized carbons (Fsp3) is 0.286. The minimum absolute atomic E-state index is 0.135. The number of imidazole rings is 1. The van der Waals surface area contributed by atoms with Crippen molar-refractivity contribution < 1.29 is 14.3 Å². The minimum atomic E-state index is -0.415. The first-order chi connectivity index (χ1) is 9.65. The number of ether oxygens (including phenoxy) is 2. The summed E-state index contributed by atoms with van der Waals surface area (Å²) in [5.74, 6) is 1.00. The number of nitrogen functional groups attached to an aromatic ring is 1. The molecule has 0 fully saturated rings. The number of nitrogens with two attached hydrogens (primary N) is 1. The Morgan fingerprint density at radius 1 is 1.45 bits per heavy atom. The molecule has 2 aromatic rings. The maximum atomic E-state index is 11.5. The average Bonchev–Trinajstić information content (AvgIpc) is 2.82. The standard InChI is InChI=1S/C14H17N3O3/c1-17-7-6-16-13(17)5-8-19-14(18)10-20-12-4-2-3-11(15)9-12/h2-4,6-7,9H,5,8,10,15H2,1H3. The molecule has 0 spiro atoms. The maximum absolute atomic E-state index is 11.5. The molecule has 6 heteroatoms. The molecular formula is C14H17N3O3. The molecule has 0 saturated heterocycles. The predicted molar refractivity (Wildman–Crippen MR) is 74.2 cm³/mol. The monoisotopic (exact) mass is 275 g/mol. The van der Waals surface area contributed by atoms with E-state index in [0.717, 1.165) is 5.82 Å². The number of benzene rings is 1. The number of anilines is 1. The third kappa shape index (κ3) is 4.01. The average molecular weight is 275 g/mol. The van der Waals surface area contributed by atoms with E-state index in [-0.39, 0.29) is 13.2 Å². The van der Waals surface area contributed by atoms with E-state index in [1.54, 1.807) is 30.5 Å². The molecule has 0 radical (unpaired) electrons. The van der Waals surface area contributed by atoms with Crippen LogP contribution >= 0.6 is 0 Å². The van der Waals surface area contributed by atoms with E-state index in [0.29, 0.717) is 17.9 Å². The third-order valence-electron chi connectivity index (χ3n) is 2.72. The van der Waals surface area contributed by atoms with E-state index in [9.17, 15) is 4.79 Å². The highest BCUT2D eigenvalue weighted by Gasteiger charge is 2.06. The predicted octanol–water partition coefficient (Wildman–Crippen LogP) is 1.17. The SMILES string of the molecule is Cn1ccnc1CCOC(=O)COc1cccc(N)c1. The van der Waals surface area contributed by atoms with Crippen LogP contribution in [0.15, 0.2) is 36.7 Å². The van der Waals surface area contributed by atoms with Gasteiger partial charge in [0, 0.05) is 37.6 Å². The van der Waals surface area contributed by atoms with Gasteiger partial charge in [-0.2, -0.15) is 0 Å². The molecule has 0 aliphatic rings. The zero-order chi connectivity index (χ0) is 14.4. The maximum Gasteiger partial charge on any atom is 0.344 e. The van der Waals surface area contributed by atoms with Crippen molar-refractivity contribution in [2.24, 2.45) is 7.05 Å². The smallest absolute Gasteiger partial charge is 0.344 e. The van der Waals surface area contributed by atoms with Gasteiger partial charge in [0.15, 0.2) is 6.61 Å². The van der Waals surface area contributed by atoms with Crippen LogP contribution in [0.5, 0.6) is 5.75 Å². The fourth-order valence-corrected chi connectivity index (χ4v) is 1.68. The van der Waals surface area contributed by atoms with Crippen LogP contribution < -0.4 is 10.5 Å². The highest BCUT2D eigenvalue weighted by Crippen LogP contribution is 2.14. The molecule has 0 aliphatic carbocycles. The first-order valence-corrected chi connectivity index (χ1v) is 6.25. The van der Waals surface area contributed by atoms with Crippen LogP contribution in [0.1, 0.15) is 5.82 Å². The summed E-state index contributed by atoms with van der Waals surface area (Å²) in [6.07, 6.45) is 4.13. The Morgan fingerprint density at radius 2 is 2.30 bits per heavy atom. The summed E-state index contributed by atoms with van der Waals surface area (Å²) in [6, 6.07) is 6.90.